The second kappa shape index (κ2) is 9.44. The molecule has 2 heterocycles. The van der Waals surface area contributed by atoms with E-state index in [1.165, 1.54) is 0 Å². The first kappa shape index (κ1) is 21.8. The van der Waals surface area contributed by atoms with Gasteiger partial charge in [-0.1, -0.05) is 6.92 Å². The predicted octanol–water partition coefficient (Wildman–Crippen LogP) is 1.01. The number of carbonyl (C=O) groups is 2. The quantitative estimate of drug-likeness (QED) is 0.603. The fraction of sp³-hybridized carbons (Fsp3) is 0.812. The molecule has 2 aliphatic rings. The van der Waals surface area contributed by atoms with Crippen molar-refractivity contribution in [2.24, 2.45) is 4.99 Å². The molecule has 1 unspecified atom stereocenters. The third kappa shape index (κ3) is 6.52. The van der Waals surface area contributed by atoms with Crippen LogP contribution in [0.15, 0.2) is 4.99 Å². The first-order valence-corrected chi connectivity index (χ1v) is 8.59. The van der Waals surface area contributed by atoms with Crippen molar-refractivity contribution in [3.8, 4) is 0 Å². The van der Waals surface area contributed by atoms with Crippen molar-refractivity contribution in [3.63, 3.8) is 0 Å². The molecule has 1 fully saturated rings. The summed E-state index contributed by atoms with van der Waals surface area (Å²) < 4.78 is 5.43. The molecule has 0 radical (unpaired) electrons. The van der Waals surface area contributed by atoms with E-state index in [0.717, 1.165) is 12.4 Å². The number of guanidine groups is 1. The highest BCUT2D eigenvalue weighted by Crippen LogP contribution is 2.18. The van der Waals surface area contributed by atoms with Crippen LogP contribution >= 0.6 is 24.0 Å². The molecule has 1 saturated heterocycles. The second-order valence-corrected chi connectivity index (χ2v) is 7.14. The van der Waals surface area contributed by atoms with Crippen LogP contribution in [-0.4, -0.2) is 78.7 Å². The van der Waals surface area contributed by atoms with Crippen molar-refractivity contribution >= 4 is 41.9 Å². The van der Waals surface area contributed by atoms with Gasteiger partial charge in [0.1, 0.15) is 5.60 Å². The SMILES string of the molecule is CCCNC(=O)CNC1=NCC2CN(C(=O)OC(C)(C)C)CCN12.I. The van der Waals surface area contributed by atoms with Gasteiger partial charge in [-0.2, -0.15) is 0 Å². The molecule has 2 aliphatic heterocycles. The van der Waals surface area contributed by atoms with Gasteiger partial charge in [0, 0.05) is 26.2 Å². The summed E-state index contributed by atoms with van der Waals surface area (Å²) >= 11 is 0. The molecule has 9 heteroatoms. The van der Waals surface area contributed by atoms with Crippen LogP contribution in [0.4, 0.5) is 4.79 Å². The van der Waals surface area contributed by atoms with E-state index in [-0.39, 0.29) is 48.6 Å². The van der Waals surface area contributed by atoms with Crippen LogP contribution in [0.3, 0.4) is 0 Å². The molecule has 0 aromatic heterocycles. The first-order chi connectivity index (χ1) is 11.3. The Bertz CT molecular complexity index is 506. The number of piperazine rings is 1. The number of amides is 2. The maximum Gasteiger partial charge on any atom is 0.410 e. The summed E-state index contributed by atoms with van der Waals surface area (Å²) in [6.07, 6.45) is 0.643. The molecule has 0 aliphatic carbocycles. The summed E-state index contributed by atoms with van der Waals surface area (Å²) in [5.74, 6) is 0.714. The van der Waals surface area contributed by atoms with Crippen molar-refractivity contribution < 1.29 is 14.3 Å². The van der Waals surface area contributed by atoms with Gasteiger partial charge < -0.3 is 25.2 Å². The molecule has 1 atom stereocenters. The van der Waals surface area contributed by atoms with Crippen LogP contribution in [0, 0.1) is 0 Å². The van der Waals surface area contributed by atoms with E-state index >= 15 is 0 Å². The smallest absolute Gasteiger partial charge is 0.410 e. The first-order valence-electron chi connectivity index (χ1n) is 8.59. The van der Waals surface area contributed by atoms with Crippen LogP contribution in [-0.2, 0) is 9.53 Å². The number of carbonyl (C=O) groups excluding carboxylic acids is 2. The summed E-state index contributed by atoms with van der Waals surface area (Å²) in [7, 11) is 0. The van der Waals surface area contributed by atoms with Crippen molar-refractivity contribution in [1.82, 2.24) is 20.4 Å². The van der Waals surface area contributed by atoms with E-state index in [0.29, 0.717) is 32.7 Å². The Morgan fingerprint density at radius 3 is 2.68 bits per heavy atom. The third-order valence-electron chi connectivity index (χ3n) is 3.84. The molecule has 2 N–H and O–H groups in total. The van der Waals surface area contributed by atoms with Crippen LogP contribution < -0.4 is 10.6 Å². The largest absolute Gasteiger partial charge is 0.444 e. The van der Waals surface area contributed by atoms with E-state index in [1.807, 2.05) is 27.7 Å². The molecule has 2 amide bonds. The predicted molar refractivity (Wildman–Crippen MR) is 107 cm³/mol. The van der Waals surface area contributed by atoms with Gasteiger partial charge in [0.15, 0.2) is 5.96 Å². The lowest BCUT2D eigenvalue weighted by molar-refractivity contribution is -0.120. The molecule has 2 rings (SSSR count). The van der Waals surface area contributed by atoms with Crippen LogP contribution in [0.25, 0.3) is 0 Å². The average Bonchev–Trinajstić information content (AvgIpc) is 2.91. The average molecular weight is 467 g/mol. The van der Waals surface area contributed by atoms with Crippen molar-refractivity contribution in [2.45, 2.75) is 45.8 Å². The highest BCUT2D eigenvalue weighted by atomic mass is 127. The van der Waals surface area contributed by atoms with E-state index in [1.54, 1.807) is 4.90 Å². The number of ether oxygens (including phenoxy) is 1. The zero-order valence-corrected chi connectivity index (χ0v) is 17.8. The molecule has 25 heavy (non-hydrogen) atoms. The highest BCUT2D eigenvalue weighted by molar-refractivity contribution is 14.0. The summed E-state index contributed by atoms with van der Waals surface area (Å²) in [5.41, 5.74) is -0.487. The lowest BCUT2D eigenvalue weighted by Crippen LogP contribution is -2.58. The summed E-state index contributed by atoms with van der Waals surface area (Å²) in [5, 5.41) is 5.93. The molecule has 0 saturated carbocycles. The minimum absolute atomic E-state index is 0. The van der Waals surface area contributed by atoms with Crippen LogP contribution in [0.5, 0.6) is 0 Å². The number of nitrogens with zero attached hydrogens (tertiary/aromatic N) is 3. The Morgan fingerprint density at radius 2 is 2.04 bits per heavy atom. The molecule has 0 aromatic carbocycles. The molecule has 8 nitrogen and oxygen atoms in total. The van der Waals surface area contributed by atoms with Crippen LogP contribution in [0.2, 0.25) is 0 Å². The van der Waals surface area contributed by atoms with Gasteiger partial charge in [-0.15, -0.1) is 24.0 Å². The van der Waals surface area contributed by atoms with Gasteiger partial charge >= 0.3 is 6.09 Å². The molecule has 0 bridgehead atoms. The van der Waals surface area contributed by atoms with Crippen molar-refractivity contribution in [2.75, 3.05) is 39.3 Å². The molecule has 144 valence electrons. The number of aliphatic imine (C=N–C) groups is 1. The van der Waals surface area contributed by atoms with E-state index in [4.69, 9.17) is 4.74 Å². The minimum Gasteiger partial charge on any atom is -0.444 e. The number of rotatable bonds is 4. The maximum atomic E-state index is 12.2. The number of hydrogen-bond donors (Lipinski definition) is 2. The number of fused-ring (bicyclic) bond motifs is 1. The zero-order valence-electron chi connectivity index (χ0n) is 15.5. The van der Waals surface area contributed by atoms with Crippen molar-refractivity contribution in [1.29, 1.82) is 0 Å². The standard InChI is InChI=1S/C16H29N5O3.HI/c1-5-6-17-13(22)10-19-14-18-9-12-11-20(7-8-21(12)14)15(23)24-16(2,3)4;/h12H,5-11H2,1-4H3,(H,17,22)(H,18,19);1H. The van der Waals surface area contributed by atoms with Gasteiger partial charge in [0.05, 0.1) is 19.1 Å². The second-order valence-electron chi connectivity index (χ2n) is 7.14. The lowest BCUT2D eigenvalue weighted by atomic mass is 10.2. The highest BCUT2D eigenvalue weighted by Gasteiger charge is 2.36. The summed E-state index contributed by atoms with van der Waals surface area (Å²) in [6.45, 7) is 11.0. The van der Waals surface area contributed by atoms with E-state index < -0.39 is 5.60 Å². The van der Waals surface area contributed by atoms with Gasteiger partial charge in [0.25, 0.3) is 0 Å². The van der Waals surface area contributed by atoms with Gasteiger partial charge in [0.2, 0.25) is 5.91 Å². The van der Waals surface area contributed by atoms with Gasteiger partial charge in [-0.25, -0.2) is 4.79 Å². The normalized spacial score (nSPS) is 19.5. The number of nitrogens with one attached hydrogen (secondary N) is 2. The van der Waals surface area contributed by atoms with E-state index in [2.05, 4.69) is 20.5 Å². The zero-order chi connectivity index (χ0) is 17.7. The minimum atomic E-state index is -0.487. The molecular weight excluding hydrogens is 437 g/mol. The Morgan fingerprint density at radius 1 is 1.32 bits per heavy atom. The topological polar surface area (TPSA) is 86.3 Å². The van der Waals surface area contributed by atoms with Crippen LogP contribution in [0.1, 0.15) is 34.1 Å². The summed E-state index contributed by atoms with van der Waals surface area (Å²) in [4.78, 5) is 32.2. The van der Waals surface area contributed by atoms with Crippen molar-refractivity contribution in [3.05, 3.63) is 0 Å². The van der Waals surface area contributed by atoms with Gasteiger partial charge in [-0.05, 0) is 27.2 Å². The Labute approximate surface area is 166 Å². The number of hydrogen-bond acceptors (Lipinski definition) is 6. The fourth-order valence-electron chi connectivity index (χ4n) is 2.71. The fourth-order valence-corrected chi connectivity index (χ4v) is 2.71. The monoisotopic (exact) mass is 467 g/mol. The number of halogens is 1. The third-order valence-corrected chi connectivity index (χ3v) is 3.84. The molecule has 0 aromatic rings. The molecule has 0 spiro atoms. The Balaban J connectivity index is 0.00000312. The molecular formula is C16H30IN5O3. The maximum absolute atomic E-state index is 12.2. The summed E-state index contributed by atoms with van der Waals surface area (Å²) in [6, 6.07) is 0.146. The lowest BCUT2D eigenvalue weighted by Gasteiger charge is -2.39. The Hall–Kier alpha value is -1.26. The Kier molecular flexibility index (Phi) is 8.23. The van der Waals surface area contributed by atoms with Gasteiger partial charge in [-0.3, -0.25) is 9.79 Å². The van der Waals surface area contributed by atoms with E-state index in [9.17, 15) is 9.59 Å².